The van der Waals surface area contributed by atoms with Crippen molar-refractivity contribution in [2.75, 3.05) is 5.32 Å². The van der Waals surface area contributed by atoms with E-state index in [-0.39, 0.29) is 6.17 Å². The lowest BCUT2D eigenvalue weighted by molar-refractivity contribution is 0.100. The normalized spacial score (nSPS) is 16.8. The Morgan fingerprint density at radius 1 is 1.17 bits per heavy atom. The largest absolute Gasteiger partial charge is 0.459 e. The lowest BCUT2D eigenvalue weighted by atomic mass is 10.1. The molecule has 0 saturated carbocycles. The van der Waals surface area contributed by atoms with Gasteiger partial charge in [-0.15, -0.1) is 0 Å². The van der Waals surface area contributed by atoms with Gasteiger partial charge in [0.05, 0.1) is 35.3 Å². The number of hydrogen-bond acceptors (Lipinski definition) is 4. The summed E-state index contributed by atoms with van der Waals surface area (Å²) in [5, 5.41) is 6.92. The van der Waals surface area contributed by atoms with E-state index < -0.39 is 5.91 Å². The SMILES string of the molecule is Cc1cc2c(C(N)=O)cccn2c1C1NC(=NCc2ccccc2)c2occc2N1. The monoisotopic (exact) mass is 399 g/mol. The van der Waals surface area contributed by atoms with Crippen molar-refractivity contribution in [3.8, 4) is 0 Å². The number of aromatic nitrogens is 1. The molecule has 4 aromatic rings. The van der Waals surface area contributed by atoms with Gasteiger partial charge in [0, 0.05) is 12.3 Å². The number of nitrogens with zero attached hydrogens (tertiary/aromatic N) is 2. The maximum absolute atomic E-state index is 11.9. The zero-order valence-electron chi connectivity index (χ0n) is 16.4. The van der Waals surface area contributed by atoms with Crippen LogP contribution in [-0.4, -0.2) is 16.1 Å². The van der Waals surface area contributed by atoms with Crippen LogP contribution in [0.4, 0.5) is 5.69 Å². The molecule has 150 valence electrons. The van der Waals surface area contributed by atoms with E-state index in [2.05, 4.69) is 10.6 Å². The summed E-state index contributed by atoms with van der Waals surface area (Å²) < 4.78 is 7.65. The average Bonchev–Trinajstić information content (AvgIpc) is 3.35. The Labute approximate surface area is 173 Å². The highest BCUT2D eigenvalue weighted by atomic mass is 16.3. The summed E-state index contributed by atoms with van der Waals surface area (Å²) in [6.45, 7) is 2.55. The molecule has 5 rings (SSSR count). The summed E-state index contributed by atoms with van der Waals surface area (Å²) in [4.78, 5) is 16.6. The van der Waals surface area contributed by atoms with Crippen LogP contribution in [0.1, 0.15) is 39.1 Å². The standard InChI is InChI=1S/C23H21N5O2/c1-14-12-18-16(21(24)29)8-5-10-28(18)19(14)22-26-17-9-11-30-20(17)23(27-22)25-13-15-6-3-2-4-7-15/h2-12,22,26H,13H2,1H3,(H2,24,29)(H,25,27). The van der Waals surface area contributed by atoms with Crippen molar-refractivity contribution in [3.05, 3.63) is 95.2 Å². The second kappa shape index (κ2) is 7.11. The number of amidine groups is 1. The molecule has 0 saturated heterocycles. The smallest absolute Gasteiger partial charge is 0.250 e. The number of rotatable bonds is 4. The second-order valence-corrected chi connectivity index (χ2v) is 7.29. The van der Waals surface area contributed by atoms with Gasteiger partial charge in [0.2, 0.25) is 0 Å². The van der Waals surface area contributed by atoms with Crippen molar-refractivity contribution in [2.24, 2.45) is 10.7 Å². The van der Waals surface area contributed by atoms with Gasteiger partial charge in [-0.25, -0.2) is 0 Å². The fourth-order valence-electron chi connectivity index (χ4n) is 3.93. The van der Waals surface area contributed by atoms with Crippen LogP contribution in [0.5, 0.6) is 0 Å². The van der Waals surface area contributed by atoms with Crippen LogP contribution in [0.15, 0.2) is 76.5 Å². The van der Waals surface area contributed by atoms with Crippen molar-refractivity contribution in [3.63, 3.8) is 0 Å². The fraction of sp³-hybridized carbons (Fsp3) is 0.130. The summed E-state index contributed by atoms with van der Waals surface area (Å²) in [5.41, 5.74) is 10.8. The number of nitrogens with one attached hydrogen (secondary N) is 2. The van der Waals surface area contributed by atoms with E-state index >= 15 is 0 Å². The van der Waals surface area contributed by atoms with Crippen LogP contribution in [0.3, 0.4) is 0 Å². The first-order chi connectivity index (χ1) is 14.6. The maximum Gasteiger partial charge on any atom is 0.250 e. The first-order valence-electron chi connectivity index (χ1n) is 9.71. The molecule has 0 fully saturated rings. The molecule has 1 amide bonds. The second-order valence-electron chi connectivity index (χ2n) is 7.29. The van der Waals surface area contributed by atoms with Crippen molar-refractivity contribution >= 4 is 22.9 Å². The highest BCUT2D eigenvalue weighted by Crippen LogP contribution is 2.31. The van der Waals surface area contributed by atoms with Gasteiger partial charge in [0.25, 0.3) is 5.91 Å². The number of primary amides is 1. The van der Waals surface area contributed by atoms with Gasteiger partial charge < -0.3 is 25.2 Å². The Morgan fingerprint density at radius 3 is 2.80 bits per heavy atom. The molecule has 7 heteroatoms. The highest BCUT2D eigenvalue weighted by molar-refractivity contribution is 6.03. The number of nitrogens with two attached hydrogens (primary N) is 1. The van der Waals surface area contributed by atoms with Gasteiger partial charge in [-0.3, -0.25) is 9.79 Å². The van der Waals surface area contributed by atoms with Gasteiger partial charge in [-0.1, -0.05) is 30.3 Å². The molecule has 30 heavy (non-hydrogen) atoms. The summed E-state index contributed by atoms with van der Waals surface area (Å²) in [5.74, 6) is 0.915. The van der Waals surface area contributed by atoms with E-state index in [0.29, 0.717) is 23.7 Å². The fourth-order valence-corrected chi connectivity index (χ4v) is 3.93. The predicted molar refractivity (Wildman–Crippen MR) is 116 cm³/mol. The van der Waals surface area contributed by atoms with Gasteiger partial charge in [0.1, 0.15) is 6.17 Å². The number of carbonyl (C=O) groups excluding carboxylic acids is 1. The Morgan fingerprint density at radius 2 is 2.00 bits per heavy atom. The zero-order valence-corrected chi connectivity index (χ0v) is 16.4. The summed E-state index contributed by atoms with van der Waals surface area (Å²) >= 11 is 0. The molecule has 1 aliphatic rings. The number of hydrogen-bond donors (Lipinski definition) is 3. The first kappa shape index (κ1) is 18.1. The van der Waals surface area contributed by atoms with Crippen LogP contribution in [-0.2, 0) is 6.54 Å². The third-order valence-electron chi connectivity index (χ3n) is 5.31. The average molecular weight is 399 g/mol. The lowest BCUT2D eigenvalue weighted by Gasteiger charge is -2.28. The minimum atomic E-state index is -0.448. The van der Waals surface area contributed by atoms with Crippen molar-refractivity contribution in [1.29, 1.82) is 0 Å². The molecule has 0 spiro atoms. The Balaban J connectivity index is 1.56. The number of furan rings is 1. The number of anilines is 1. The predicted octanol–water partition coefficient (Wildman–Crippen LogP) is 3.60. The number of benzene rings is 1. The number of aliphatic imine (C=N–C) groups is 1. The number of amides is 1. The van der Waals surface area contributed by atoms with Crippen LogP contribution in [0, 0.1) is 6.92 Å². The molecular weight excluding hydrogens is 378 g/mol. The first-order valence-corrected chi connectivity index (χ1v) is 9.71. The molecule has 0 aliphatic carbocycles. The van der Waals surface area contributed by atoms with Crippen LogP contribution in [0.25, 0.3) is 5.52 Å². The lowest BCUT2D eigenvalue weighted by Crippen LogP contribution is -2.39. The van der Waals surface area contributed by atoms with Crippen molar-refractivity contribution in [2.45, 2.75) is 19.6 Å². The number of carbonyl (C=O) groups is 1. The number of pyridine rings is 1. The van der Waals surface area contributed by atoms with Crippen LogP contribution in [0.2, 0.25) is 0 Å². The van der Waals surface area contributed by atoms with E-state index in [1.807, 2.05) is 66.1 Å². The summed E-state index contributed by atoms with van der Waals surface area (Å²) in [6.07, 6.45) is 3.32. The van der Waals surface area contributed by atoms with Crippen molar-refractivity contribution < 1.29 is 9.21 Å². The molecule has 3 aromatic heterocycles. The molecule has 4 N–H and O–H groups in total. The van der Waals surface area contributed by atoms with E-state index in [9.17, 15) is 4.79 Å². The maximum atomic E-state index is 11.9. The van der Waals surface area contributed by atoms with Gasteiger partial charge >= 0.3 is 0 Å². The van der Waals surface area contributed by atoms with Crippen LogP contribution < -0.4 is 16.4 Å². The van der Waals surface area contributed by atoms with Gasteiger partial charge in [0.15, 0.2) is 11.6 Å². The van der Waals surface area contributed by atoms with Gasteiger partial charge in [-0.05, 0) is 36.2 Å². The Hall–Kier alpha value is -4.00. The van der Waals surface area contributed by atoms with Gasteiger partial charge in [-0.2, -0.15) is 0 Å². The Kier molecular flexibility index (Phi) is 4.28. The summed E-state index contributed by atoms with van der Waals surface area (Å²) in [7, 11) is 0. The highest BCUT2D eigenvalue weighted by Gasteiger charge is 2.29. The minimum absolute atomic E-state index is 0.254. The molecule has 1 aromatic carbocycles. The topological polar surface area (TPSA) is 97.1 Å². The van der Waals surface area contributed by atoms with E-state index in [1.165, 1.54) is 0 Å². The van der Waals surface area contributed by atoms with Crippen LogP contribution >= 0.6 is 0 Å². The van der Waals surface area contributed by atoms with E-state index in [0.717, 1.165) is 28.0 Å². The molecule has 1 unspecified atom stereocenters. The quantitative estimate of drug-likeness (QED) is 0.488. The third kappa shape index (κ3) is 3.00. The molecule has 1 aliphatic heterocycles. The Bertz CT molecular complexity index is 1270. The number of fused-ring (bicyclic) bond motifs is 2. The van der Waals surface area contributed by atoms with Crippen molar-refractivity contribution in [1.82, 2.24) is 9.72 Å². The molecule has 1 atom stereocenters. The third-order valence-corrected chi connectivity index (χ3v) is 5.31. The molecule has 7 nitrogen and oxygen atoms in total. The minimum Gasteiger partial charge on any atom is -0.459 e. The molecule has 0 bridgehead atoms. The molecule has 4 heterocycles. The number of aryl methyl sites for hydroxylation is 1. The van der Waals surface area contributed by atoms with E-state index in [1.54, 1.807) is 12.3 Å². The summed E-state index contributed by atoms with van der Waals surface area (Å²) in [6, 6.07) is 17.5. The zero-order chi connectivity index (χ0) is 20.7. The molecular formula is C23H21N5O2. The molecule has 0 radical (unpaired) electrons. The van der Waals surface area contributed by atoms with E-state index in [4.69, 9.17) is 15.1 Å².